The lowest BCUT2D eigenvalue weighted by Crippen LogP contribution is -2.35. The highest BCUT2D eigenvalue weighted by Gasteiger charge is 2.14. The molecule has 0 aliphatic carbocycles. The molecule has 1 aliphatic heterocycles. The van der Waals surface area contributed by atoms with E-state index in [0.717, 1.165) is 10.5 Å². The molecular formula is C19H22N2O5S2. The third kappa shape index (κ3) is 5.63. The van der Waals surface area contributed by atoms with Crippen molar-refractivity contribution in [1.29, 1.82) is 0 Å². The zero-order chi connectivity index (χ0) is 20.0. The highest BCUT2D eigenvalue weighted by atomic mass is 32.2. The number of aryl methyl sites for hydroxylation is 1. The fourth-order valence-electron chi connectivity index (χ4n) is 2.50. The van der Waals surface area contributed by atoms with Crippen molar-refractivity contribution < 1.29 is 22.7 Å². The summed E-state index contributed by atoms with van der Waals surface area (Å²) in [4.78, 5) is 13.1. The fraction of sp³-hybridized carbons (Fsp3) is 0.316. The van der Waals surface area contributed by atoms with Crippen LogP contribution in [-0.2, 0) is 14.8 Å². The molecule has 0 atom stereocenters. The van der Waals surface area contributed by atoms with Crippen LogP contribution in [0, 0.1) is 6.92 Å². The summed E-state index contributed by atoms with van der Waals surface area (Å²) in [6.45, 7) is 3.28. The zero-order valence-corrected chi connectivity index (χ0v) is 17.1. The van der Waals surface area contributed by atoms with E-state index >= 15 is 0 Å². The highest BCUT2D eigenvalue weighted by molar-refractivity contribution is 8.00. The first-order chi connectivity index (χ1) is 13.4. The standard InChI is InChI=1S/C19H22N2O5S2/c1-14-2-5-16(6-3-14)28(23,24)21-9-8-20-19(22)13-27-15-4-7-17-18(12-15)26-11-10-25-17/h2-7,12,21H,8-11,13H2,1H3,(H,20,22). The van der Waals surface area contributed by atoms with Gasteiger partial charge in [-0.1, -0.05) is 17.7 Å². The Kier molecular flexibility index (Phi) is 6.82. The van der Waals surface area contributed by atoms with Crippen LogP contribution in [0.15, 0.2) is 52.3 Å². The Morgan fingerprint density at radius 3 is 2.50 bits per heavy atom. The number of hydrogen-bond donors (Lipinski definition) is 2. The molecule has 2 N–H and O–H groups in total. The van der Waals surface area contributed by atoms with E-state index in [9.17, 15) is 13.2 Å². The second kappa shape index (κ2) is 9.31. The monoisotopic (exact) mass is 422 g/mol. The van der Waals surface area contributed by atoms with Gasteiger partial charge in [0.05, 0.1) is 10.6 Å². The van der Waals surface area contributed by atoms with Gasteiger partial charge >= 0.3 is 0 Å². The molecule has 2 aromatic carbocycles. The van der Waals surface area contributed by atoms with E-state index in [1.54, 1.807) is 24.3 Å². The van der Waals surface area contributed by atoms with Crippen LogP contribution >= 0.6 is 11.8 Å². The number of ether oxygens (including phenoxy) is 2. The third-order valence-electron chi connectivity index (χ3n) is 3.95. The summed E-state index contributed by atoms with van der Waals surface area (Å²) in [6.07, 6.45) is 0. The first-order valence-electron chi connectivity index (χ1n) is 8.79. The van der Waals surface area contributed by atoms with Crippen molar-refractivity contribution in [2.24, 2.45) is 0 Å². The summed E-state index contributed by atoms with van der Waals surface area (Å²) in [7, 11) is -3.57. The third-order valence-corrected chi connectivity index (χ3v) is 6.42. The van der Waals surface area contributed by atoms with Crippen molar-refractivity contribution in [1.82, 2.24) is 10.0 Å². The summed E-state index contributed by atoms with van der Waals surface area (Å²) in [5.41, 5.74) is 0.988. The Labute approximate surface area is 168 Å². The number of carbonyl (C=O) groups excluding carboxylic acids is 1. The zero-order valence-electron chi connectivity index (χ0n) is 15.4. The van der Waals surface area contributed by atoms with Crippen molar-refractivity contribution in [3.05, 3.63) is 48.0 Å². The second-order valence-electron chi connectivity index (χ2n) is 6.15. The van der Waals surface area contributed by atoms with Crippen molar-refractivity contribution in [2.45, 2.75) is 16.7 Å². The molecule has 0 spiro atoms. The number of fused-ring (bicyclic) bond motifs is 1. The van der Waals surface area contributed by atoms with Gasteiger partial charge in [-0.05, 0) is 37.3 Å². The molecule has 150 valence electrons. The van der Waals surface area contributed by atoms with Crippen LogP contribution in [0.5, 0.6) is 11.5 Å². The highest BCUT2D eigenvalue weighted by Crippen LogP contribution is 2.34. The quantitative estimate of drug-likeness (QED) is 0.499. The van der Waals surface area contributed by atoms with Crippen molar-refractivity contribution >= 4 is 27.7 Å². The van der Waals surface area contributed by atoms with Crippen LogP contribution < -0.4 is 19.5 Å². The van der Waals surface area contributed by atoms with E-state index < -0.39 is 10.0 Å². The molecule has 0 radical (unpaired) electrons. The van der Waals surface area contributed by atoms with Crippen molar-refractivity contribution in [3.8, 4) is 11.5 Å². The summed E-state index contributed by atoms with van der Waals surface area (Å²) in [6, 6.07) is 12.1. The average molecular weight is 423 g/mol. The molecule has 0 saturated heterocycles. The summed E-state index contributed by atoms with van der Waals surface area (Å²) in [5, 5.41) is 2.71. The molecule has 0 unspecified atom stereocenters. The Morgan fingerprint density at radius 2 is 1.75 bits per heavy atom. The van der Waals surface area contributed by atoms with Crippen LogP contribution in [0.25, 0.3) is 0 Å². The van der Waals surface area contributed by atoms with Gasteiger partial charge in [0, 0.05) is 18.0 Å². The smallest absolute Gasteiger partial charge is 0.240 e. The van der Waals surface area contributed by atoms with E-state index in [1.807, 2.05) is 25.1 Å². The van der Waals surface area contributed by atoms with Gasteiger partial charge < -0.3 is 14.8 Å². The minimum Gasteiger partial charge on any atom is -0.486 e. The molecular weight excluding hydrogens is 400 g/mol. The molecule has 28 heavy (non-hydrogen) atoms. The van der Waals surface area contributed by atoms with Gasteiger partial charge in [-0.3, -0.25) is 4.79 Å². The minimum absolute atomic E-state index is 0.122. The van der Waals surface area contributed by atoms with Crippen LogP contribution in [0.4, 0.5) is 0 Å². The van der Waals surface area contributed by atoms with E-state index in [0.29, 0.717) is 24.7 Å². The Hall–Kier alpha value is -2.23. The van der Waals surface area contributed by atoms with Crippen LogP contribution in [0.2, 0.25) is 0 Å². The molecule has 0 fully saturated rings. The number of nitrogens with one attached hydrogen (secondary N) is 2. The number of amides is 1. The molecule has 1 aliphatic rings. The molecule has 0 aromatic heterocycles. The SMILES string of the molecule is Cc1ccc(S(=O)(=O)NCCNC(=O)CSc2ccc3c(c2)OCCO3)cc1. The number of hydrogen-bond acceptors (Lipinski definition) is 6. The van der Waals surface area contributed by atoms with Crippen molar-refractivity contribution in [3.63, 3.8) is 0 Å². The van der Waals surface area contributed by atoms with Gasteiger partial charge in [0.15, 0.2) is 11.5 Å². The Morgan fingerprint density at radius 1 is 1.04 bits per heavy atom. The molecule has 0 bridgehead atoms. The lowest BCUT2D eigenvalue weighted by Gasteiger charge is -2.18. The number of carbonyl (C=O) groups is 1. The fourth-order valence-corrected chi connectivity index (χ4v) is 4.29. The van der Waals surface area contributed by atoms with E-state index in [-0.39, 0.29) is 29.6 Å². The van der Waals surface area contributed by atoms with E-state index in [1.165, 1.54) is 11.8 Å². The van der Waals surface area contributed by atoms with Gasteiger partial charge in [-0.15, -0.1) is 11.8 Å². The first kappa shape index (κ1) is 20.5. The molecule has 1 heterocycles. The molecule has 2 aromatic rings. The molecule has 7 nitrogen and oxygen atoms in total. The predicted octanol–water partition coefficient (Wildman–Crippen LogP) is 1.95. The van der Waals surface area contributed by atoms with E-state index in [4.69, 9.17) is 9.47 Å². The summed E-state index contributed by atoms with van der Waals surface area (Å²) < 4.78 is 37.8. The number of thioether (sulfide) groups is 1. The molecule has 0 saturated carbocycles. The van der Waals surface area contributed by atoms with Crippen LogP contribution in [0.1, 0.15) is 5.56 Å². The number of sulfonamides is 1. The maximum Gasteiger partial charge on any atom is 0.240 e. The lowest BCUT2D eigenvalue weighted by atomic mass is 10.2. The largest absolute Gasteiger partial charge is 0.486 e. The summed E-state index contributed by atoms with van der Waals surface area (Å²) >= 11 is 1.38. The van der Waals surface area contributed by atoms with Gasteiger partial charge in [0.1, 0.15) is 13.2 Å². The molecule has 9 heteroatoms. The predicted molar refractivity (Wildman–Crippen MR) is 108 cm³/mol. The average Bonchev–Trinajstić information content (AvgIpc) is 2.70. The second-order valence-corrected chi connectivity index (χ2v) is 8.97. The first-order valence-corrected chi connectivity index (χ1v) is 11.3. The number of rotatable bonds is 8. The molecule has 1 amide bonds. The van der Waals surface area contributed by atoms with Gasteiger partial charge in [-0.2, -0.15) is 0 Å². The van der Waals surface area contributed by atoms with Crippen LogP contribution in [-0.4, -0.2) is 46.4 Å². The van der Waals surface area contributed by atoms with Crippen molar-refractivity contribution in [2.75, 3.05) is 32.1 Å². The van der Waals surface area contributed by atoms with Gasteiger partial charge in [-0.25, -0.2) is 13.1 Å². The lowest BCUT2D eigenvalue weighted by molar-refractivity contribution is -0.118. The summed E-state index contributed by atoms with van der Waals surface area (Å²) in [5.74, 6) is 1.45. The van der Waals surface area contributed by atoms with Crippen LogP contribution in [0.3, 0.4) is 0 Å². The number of benzene rings is 2. The Bertz CT molecular complexity index is 930. The van der Waals surface area contributed by atoms with E-state index in [2.05, 4.69) is 10.0 Å². The maximum absolute atomic E-state index is 12.2. The maximum atomic E-state index is 12.2. The van der Waals surface area contributed by atoms with Gasteiger partial charge in [0.25, 0.3) is 0 Å². The topological polar surface area (TPSA) is 93.7 Å². The minimum atomic E-state index is -3.57. The molecule has 3 rings (SSSR count). The normalized spacial score (nSPS) is 13.2. The van der Waals surface area contributed by atoms with Gasteiger partial charge in [0.2, 0.25) is 15.9 Å². The Balaban J connectivity index is 1.39.